The van der Waals surface area contributed by atoms with Gasteiger partial charge >= 0.3 is 0 Å². The molecule has 3 aliphatic rings. The van der Waals surface area contributed by atoms with Gasteiger partial charge in [0.2, 0.25) is 5.95 Å². The van der Waals surface area contributed by atoms with Crippen LogP contribution in [0.2, 0.25) is 0 Å². The Morgan fingerprint density at radius 2 is 1.91 bits per heavy atom. The number of fused-ring (bicyclic) bond motifs is 4. The normalized spacial score (nSPS) is 27.1. The first kappa shape index (κ1) is 20.8. The van der Waals surface area contributed by atoms with Crippen molar-refractivity contribution < 1.29 is 8.91 Å². The van der Waals surface area contributed by atoms with Crippen molar-refractivity contribution >= 4 is 5.95 Å². The second kappa shape index (κ2) is 7.62. The molecule has 1 saturated heterocycles. The number of benzene rings is 1. The largest absolute Gasteiger partial charge is 0.361 e. The number of hydrogen-bond acceptors (Lipinski definition) is 6. The Hall–Kier alpha value is -2.80. The number of likely N-dealkylation sites (N-methyl/N-ethyl adjacent to an activating group) is 1. The molecule has 1 aromatic carbocycles. The van der Waals surface area contributed by atoms with E-state index in [4.69, 9.17) is 14.5 Å². The van der Waals surface area contributed by atoms with Gasteiger partial charge in [-0.3, -0.25) is 0 Å². The zero-order valence-electron chi connectivity index (χ0n) is 19.5. The van der Waals surface area contributed by atoms with E-state index in [1.807, 2.05) is 18.3 Å². The van der Waals surface area contributed by atoms with Crippen LogP contribution in [0.3, 0.4) is 0 Å². The van der Waals surface area contributed by atoms with Crippen molar-refractivity contribution in [2.45, 2.75) is 44.4 Å². The Morgan fingerprint density at radius 1 is 1.12 bits per heavy atom. The van der Waals surface area contributed by atoms with E-state index in [1.165, 1.54) is 11.6 Å². The lowest BCUT2D eigenvalue weighted by Gasteiger charge is -2.48. The molecule has 1 aliphatic heterocycles. The number of anilines is 1. The molecule has 0 bridgehead atoms. The third-order valence-electron chi connectivity index (χ3n) is 8.23. The maximum absolute atomic E-state index is 15.0. The van der Waals surface area contributed by atoms with E-state index >= 15 is 4.39 Å². The summed E-state index contributed by atoms with van der Waals surface area (Å²) in [5.74, 6) is 2.19. The summed E-state index contributed by atoms with van der Waals surface area (Å²) in [5.41, 5.74) is 4.51. The molecule has 3 heterocycles. The fourth-order valence-corrected chi connectivity index (χ4v) is 6.37. The highest BCUT2D eigenvalue weighted by Crippen LogP contribution is 2.54. The molecule has 0 saturated carbocycles. The smallest absolute Gasteiger partial charge is 0.226 e. The summed E-state index contributed by atoms with van der Waals surface area (Å²) in [5, 5.41) is 4.10. The Bertz CT molecular complexity index is 1200. The minimum Gasteiger partial charge on any atom is -0.361 e. The molecule has 0 amide bonds. The van der Waals surface area contributed by atoms with E-state index in [-0.39, 0.29) is 17.2 Å². The zero-order chi connectivity index (χ0) is 22.7. The van der Waals surface area contributed by atoms with E-state index in [1.54, 1.807) is 6.07 Å². The van der Waals surface area contributed by atoms with E-state index in [0.29, 0.717) is 11.5 Å². The van der Waals surface area contributed by atoms with Crippen molar-refractivity contribution in [1.82, 2.24) is 20.0 Å². The van der Waals surface area contributed by atoms with Crippen molar-refractivity contribution in [1.29, 1.82) is 0 Å². The molecule has 0 radical (unpaired) electrons. The van der Waals surface area contributed by atoms with Crippen LogP contribution in [0.1, 0.15) is 48.8 Å². The molecule has 1 fully saturated rings. The summed E-state index contributed by atoms with van der Waals surface area (Å²) in [6, 6.07) is 7.00. The fourth-order valence-electron chi connectivity index (χ4n) is 6.37. The van der Waals surface area contributed by atoms with E-state index in [9.17, 15) is 0 Å². The van der Waals surface area contributed by atoms with Crippen LogP contribution in [0.4, 0.5) is 10.3 Å². The zero-order valence-corrected chi connectivity index (χ0v) is 19.5. The maximum Gasteiger partial charge on any atom is 0.226 e. The number of aromatic nitrogens is 3. The lowest BCUT2D eigenvalue weighted by molar-refractivity contribution is 0.171. The maximum atomic E-state index is 15.0. The predicted molar refractivity (Wildman–Crippen MR) is 125 cm³/mol. The molecule has 7 heteroatoms. The van der Waals surface area contributed by atoms with Crippen molar-refractivity contribution in [3.8, 4) is 11.3 Å². The van der Waals surface area contributed by atoms with Crippen LogP contribution in [-0.2, 0) is 18.3 Å². The van der Waals surface area contributed by atoms with Gasteiger partial charge in [-0.15, -0.1) is 0 Å². The molecule has 172 valence electrons. The fraction of sp³-hybridized carbons (Fsp3) is 0.500. The average Bonchev–Trinajstić information content (AvgIpc) is 3.28. The number of hydrogen-bond donors (Lipinski definition) is 0. The second-order valence-corrected chi connectivity index (χ2v) is 10.2. The van der Waals surface area contributed by atoms with Crippen LogP contribution in [0, 0.1) is 11.7 Å². The van der Waals surface area contributed by atoms with Crippen LogP contribution in [-0.4, -0.2) is 53.3 Å². The Morgan fingerprint density at radius 3 is 2.70 bits per heavy atom. The Labute approximate surface area is 193 Å². The summed E-state index contributed by atoms with van der Waals surface area (Å²) >= 11 is 0. The summed E-state index contributed by atoms with van der Waals surface area (Å²) < 4.78 is 20.7. The van der Waals surface area contributed by atoms with Gasteiger partial charge in [0.15, 0.2) is 0 Å². The molecule has 6 nitrogen and oxygen atoms in total. The van der Waals surface area contributed by atoms with Crippen molar-refractivity contribution in [2.24, 2.45) is 5.92 Å². The van der Waals surface area contributed by atoms with Crippen LogP contribution in [0.5, 0.6) is 0 Å². The quantitative estimate of drug-likeness (QED) is 0.587. The van der Waals surface area contributed by atoms with Crippen LogP contribution >= 0.6 is 0 Å². The van der Waals surface area contributed by atoms with Crippen molar-refractivity contribution in [2.75, 3.05) is 38.1 Å². The first-order chi connectivity index (χ1) is 16.0. The highest BCUT2D eigenvalue weighted by Gasteiger charge is 2.50. The first-order valence-electron chi connectivity index (χ1n) is 12.0. The van der Waals surface area contributed by atoms with E-state index < -0.39 is 0 Å². The number of nitrogens with zero attached hydrogens (tertiary/aromatic N) is 5. The second-order valence-electron chi connectivity index (χ2n) is 10.2. The monoisotopic (exact) mass is 447 g/mol. The molecular formula is C26H30FN5O. The average molecular weight is 448 g/mol. The summed E-state index contributed by atoms with van der Waals surface area (Å²) in [4.78, 5) is 14.8. The van der Waals surface area contributed by atoms with Gasteiger partial charge < -0.3 is 14.3 Å². The van der Waals surface area contributed by atoms with Gasteiger partial charge in [0.25, 0.3) is 0 Å². The summed E-state index contributed by atoms with van der Waals surface area (Å²) in [6.07, 6.45) is 4.55. The molecule has 3 atom stereocenters. The third kappa shape index (κ3) is 3.20. The Balaban J connectivity index is 1.55. The van der Waals surface area contributed by atoms with Crippen molar-refractivity contribution in [3.05, 3.63) is 58.9 Å². The summed E-state index contributed by atoms with van der Waals surface area (Å²) in [7, 11) is 2.14. The Kier molecular flexibility index (Phi) is 4.80. The number of halogens is 1. The first-order valence-corrected chi connectivity index (χ1v) is 12.0. The van der Waals surface area contributed by atoms with Gasteiger partial charge in [-0.25, -0.2) is 14.4 Å². The van der Waals surface area contributed by atoms with E-state index in [2.05, 4.69) is 35.9 Å². The van der Waals surface area contributed by atoms with Gasteiger partial charge in [-0.05, 0) is 44.4 Å². The molecule has 3 aromatic rings. The third-order valence-corrected chi connectivity index (χ3v) is 8.23. The molecule has 33 heavy (non-hydrogen) atoms. The summed E-state index contributed by atoms with van der Waals surface area (Å²) in [6.45, 7) is 8.26. The minimum absolute atomic E-state index is 0.171. The number of rotatable bonds is 2. The van der Waals surface area contributed by atoms with Crippen LogP contribution in [0.25, 0.3) is 11.3 Å². The number of piperazine rings is 1. The molecule has 6 rings (SSSR count). The molecular weight excluding hydrogens is 417 g/mol. The lowest BCUT2D eigenvalue weighted by Crippen LogP contribution is -2.47. The molecule has 2 aromatic heterocycles. The SMILES string of the molecule is C[C@H]1c2oncc2C[C@@]2(C)c3nc(N4CCN(C)CC4)nc(-c4ccccc4F)c3CC[C@H]12. The van der Waals surface area contributed by atoms with Gasteiger partial charge in [-0.1, -0.05) is 31.1 Å². The predicted octanol–water partition coefficient (Wildman–Crippen LogP) is 4.20. The molecule has 0 unspecified atom stereocenters. The van der Waals surface area contributed by atoms with E-state index in [0.717, 1.165) is 74.1 Å². The van der Waals surface area contributed by atoms with Gasteiger partial charge in [0, 0.05) is 54.2 Å². The highest BCUT2D eigenvalue weighted by atomic mass is 19.1. The van der Waals surface area contributed by atoms with Gasteiger partial charge in [0.05, 0.1) is 17.6 Å². The van der Waals surface area contributed by atoms with Crippen LogP contribution < -0.4 is 4.90 Å². The van der Waals surface area contributed by atoms with Gasteiger partial charge in [0.1, 0.15) is 11.6 Å². The minimum atomic E-state index is -0.228. The molecule has 2 aliphatic carbocycles. The molecule has 0 N–H and O–H groups in total. The standard InChI is InChI=1S/C26H30FN5O/c1-16-20-9-8-19-22(18-6-4-5-7-21(18)27)29-25(32-12-10-31(3)11-13-32)30-24(19)26(20,2)14-17-15-28-33-23(16)17/h4-7,15-16,20H,8-14H2,1-3H3/t16-,20-,26-/m1/s1. The van der Waals surface area contributed by atoms with Gasteiger partial charge in [-0.2, -0.15) is 0 Å². The topological polar surface area (TPSA) is 58.3 Å². The molecule has 0 spiro atoms. The highest BCUT2D eigenvalue weighted by molar-refractivity contribution is 5.68. The van der Waals surface area contributed by atoms with Crippen molar-refractivity contribution in [3.63, 3.8) is 0 Å². The lowest BCUT2D eigenvalue weighted by atomic mass is 9.56. The van der Waals surface area contributed by atoms with Crippen LogP contribution in [0.15, 0.2) is 35.0 Å².